The smallest absolute Gasteiger partial charge is 0.326 e. The number of nitrogens with zero attached hydrogens (tertiary/aromatic N) is 1. The van der Waals surface area contributed by atoms with Crippen LogP contribution in [-0.2, 0) is 9.59 Å². The van der Waals surface area contributed by atoms with Crippen molar-refractivity contribution in [3.63, 3.8) is 0 Å². The lowest BCUT2D eigenvalue weighted by Crippen LogP contribution is -2.50. The number of likely N-dealkylation sites (tertiary alicyclic amines) is 1. The number of hydrogen-bond acceptors (Lipinski definition) is 3. The van der Waals surface area contributed by atoms with Crippen LogP contribution in [0, 0.1) is 5.92 Å². The van der Waals surface area contributed by atoms with E-state index in [1.807, 2.05) is 0 Å². The summed E-state index contributed by atoms with van der Waals surface area (Å²) in [7, 11) is 0. The Morgan fingerprint density at radius 2 is 1.83 bits per heavy atom. The lowest BCUT2D eigenvalue weighted by atomic mass is 10.00. The van der Waals surface area contributed by atoms with Crippen molar-refractivity contribution in [2.75, 3.05) is 13.1 Å². The number of nitrogens with one attached hydrogen (secondary N) is 1. The molecule has 1 heterocycles. The average Bonchev–Trinajstić information content (AvgIpc) is 2.28. The second kappa shape index (κ2) is 6.23. The third-order valence-corrected chi connectivity index (χ3v) is 3.05. The maximum absolute atomic E-state index is 11.8. The SMILES string of the molecule is CC1CCN(C(=O)NC(CC(=O)O)C(=O)O)CC1. The van der Waals surface area contributed by atoms with Crippen molar-refractivity contribution >= 4 is 18.0 Å². The molecule has 3 N–H and O–H groups in total. The number of amides is 2. The van der Waals surface area contributed by atoms with E-state index in [-0.39, 0.29) is 0 Å². The largest absolute Gasteiger partial charge is 0.481 e. The van der Waals surface area contributed by atoms with E-state index in [2.05, 4.69) is 12.2 Å². The van der Waals surface area contributed by atoms with Crippen LogP contribution < -0.4 is 5.32 Å². The van der Waals surface area contributed by atoms with Gasteiger partial charge in [0.25, 0.3) is 0 Å². The summed E-state index contributed by atoms with van der Waals surface area (Å²) >= 11 is 0. The quantitative estimate of drug-likeness (QED) is 0.674. The van der Waals surface area contributed by atoms with E-state index in [9.17, 15) is 14.4 Å². The maximum Gasteiger partial charge on any atom is 0.326 e. The highest BCUT2D eigenvalue weighted by atomic mass is 16.4. The molecule has 1 atom stereocenters. The Balaban J connectivity index is 2.50. The number of rotatable bonds is 4. The molecule has 102 valence electrons. The summed E-state index contributed by atoms with van der Waals surface area (Å²) in [6.07, 6.45) is 1.14. The highest BCUT2D eigenvalue weighted by Gasteiger charge is 2.27. The van der Waals surface area contributed by atoms with Gasteiger partial charge in [0.05, 0.1) is 6.42 Å². The van der Waals surface area contributed by atoms with Crippen LogP contribution in [0.2, 0.25) is 0 Å². The first-order valence-electron chi connectivity index (χ1n) is 5.90. The summed E-state index contributed by atoms with van der Waals surface area (Å²) in [6.45, 7) is 3.25. The molecular formula is C11H18N2O5. The summed E-state index contributed by atoms with van der Waals surface area (Å²) in [5, 5.41) is 19.6. The minimum absolute atomic E-state index is 0.504. The van der Waals surface area contributed by atoms with Gasteiger partial charge in [-0.25, -0.2) is 9.59 Å². The lowest BCUT2D eigenvalue weighted by molar-refractivity contribution is -0.145. The fourth-order valence-corrected chi connectivity index (χ4v) is 1.83. The number of hydrogen-bond donors (Lipinski definition) is 3. The minimum Gasteiger partial charge on any atom is -0.481 e. The zero-order valence-corrected chi connectivity index (χ0v) is 10.3. The van der Waals surface area contributed by atoms with Crippen LogP contribution in [0.15, 0.2) is 0 Å². The molecule has 7 heteroatoms. The van der Waals surface area contributed by atoms with Gasteiger partial charge in [0.15, 0.2) is 0 Å². The van der Waals surface area contributed by atoms with Gasteiger partial charge in [0.2, 0.25) is 0 Å². The molecule has 1 aliphatic rings. The van der Waals surface area contributed by atoms with Crippen LogP contribution in [0.25, 0.3) is 0 Å². The van der Waals surface area contributed by atoms with Crippen LogP contribution in [-0.4, -0.2) is 52.2 Å². The zero-order chi connectivity index (χ0) is 13.7. The van der Waals surface area contributed by atoms with E-state index in [0.717, 1.165) is 12.8 Å². The van der Waals surface area contributed by atoms with E-state index in [0.29, 0.717) is 19.0 Å². The summed E-state index contributed by atoms with van der Waals surface area (Å²) in [6, 6.07) is -1.88. The molecular weight excluding hydrogens is 240 g/mol. The average molecular weight is 258 g/mol. The molecule has 1 saturated heterocycles. The topological polar surface area (TPSA) is 107 Å². The van der Waals surface area contributed by atoms with E-state index < -0.39 is 30.4 Å². The van der Waals surface area contributed by atoms with Gasteiger partial charge in [-0.05, 0) is 18.8 Å². The van der Waals surface area contributed by atoms with Crippen molar-refractivity contribution in [3.05, 3.63) is 0 Å². The van der Waals surface area contributed by atoms with Gasteiger partial charge in [-0.2, -0.15) is 0 Å². The fourth-order valence-electron chi connectivity index (χ4n) is 1.83. The van der Waals surface area contributed by atoms with Crippen LogP contribution in [0.1, 0.15) is 26.2 Å². The first-order valence-corrected chi connectivity index (χ1v) is 5.90. The molecule has 1 aliphatic heterocycles. The highest BCUT2D eigenvalue weighted by molar-refractivity contribution is 5.86. The van der Waals surface area contributed by atoms with Crippen molar-refractivity contribution in [3.8, 4) is 0 Å². The predicted molar refractivity (Wildman–Crippen MR) is 62.2 cm³/mol. The van der Waals surface area contributed by atoms with Gasteiger partial charge in [0.1, 0.15) is 6.04 Å². The van der Waals surface area contributed by atoms with Crippen LogP contribution in [0.5, 0.6) is 0 Å². The van der Waals surface area contributed by atoms with Gasteiger partial charge >= 0.3 is 18.0 Å². The highest BCUT2D eigenvalue weighted by Crippen LogP contribution is 2.15. The molecule has 1 fully saturated rings. The lowest BCUT2D eigenvalue weighted by Gasteiger charge is -2.31. The Morgan fingerprint density at radius 1 is 1.28 bits per heavy atom. The number of carbonyl (C=O) groups excluding carboxylic acids is 1. The van der Waals surface area contributed by atoms with Gasteiger partial charge < -0.3 is 20.4 Å². The Kier molecular flexibility index (Phi) is 4.94. The third kappa shape index (κ3) is 4.23. The number of aliphatic carboxylic acids is 2. The van der Waals surface area contributed by atoms with Crippen LogP contribution >= 0.6 is 0 Å². The summed E-state index contributed by atoms with van der Waals surface area (Å²) in [5.41, 5.74) is 0. The van der Waals surface area contributed by atoms with E-state index in [1.54, 1.807) is 0 Å². The fraction of sp³-hybridized carbons (Fsp3) is 0.727. The maximum atomic E-state index is 11.8. The van der Waals surface area contributed by atoms with Gasteiger partial charge in [-0.3, -0.25) is 4.79 Å². The van der Waals surface area contributed by atoms with Crippen LogP contribution in [0.4, 0.5) is 4.79 Å². The number of carboxylic acid groups (broad SMARTS) is 2. The van der Waals surface area contributed by atoms with Crippen molar-refractivity contribution in [1.29, 1.82) is 0 Å². The van der Waals surface area contributed by atoms with E-state index in [1.165, 1.54) is 4.90 Å². The Labute approximate surface area is 105 Å². The number of piperidine rings is 1. The third-order valence-electron chi connectivity index (χ3n) is 3.05. The van der Waals surface area contributed by atoms with Gasteiger partial charge in [0, 0.05) is 13.1 Å². The summed E-state index contributed by atoms with van der Waals surface area (Å²) < 4.78 is 0. The zero-order valence-electron chi connectivity index (χ0n) is 10.3. The van der Waals surface area contributed by atoms with E-state index >= 15 is 0 Å². The molecule has 0 aromatic rings. The molecule has 0 aromatic carbocycles. The number of carboxylic acids is 2. The molecule has 0 aliphatic carbocycles. The van der Waals surface area contributed by atoms with Crippen molar-refractivity contribution < 1.29 is 24.6 Å². The minimum atomic E-state index is -1.38. The number of urea groups is 1. The molecule has 0 spiro atoms. The summed E-state index contributed by atoms with van der Waals surface area (Å²) in [5.74, 6) is -2.03. The molecule has 0 radical (unpaired) electrons. The van der Waals surface area contributed by atoms with E-state index in [4.69, 9.17) is 10.2 Å². The number of carbonyl (C=O) groups is 3. The van der Waals surface area contributed by atoms with Crippen LogP contribution in [0.3, 0.4) is 0 Å². The second-order valence-electron chi connectivity index (χ2n) is 4.61. The first-order chi connectivity index (χ1) is 8.40. The van der Waals surface area contributed by atoms with Gasteiger partial charge in [-0.15, -0.1) is 0 Å². The predicted octanol–water partition coefficient (Wildman–Crippen LogP) is 0.356. The monoisotopic (exact) mass is 258 g/mol. The molecule has 7 nitrogen and oxygen atoms in total. The second-order valence-corrected chi connectivity index (χ2v) is 4.61. The Morgan fingerprint density at radius 3 is 2.28 bits per heavy atom. The molecule has 0 bridgehead atoms. The standard InChI is InChI=1S/C11H18N2O5/c1-7-2-4-13(5-3-7)11(18)12-8(10(16)17)6-9(14)15/h7-8H,2-6H2,1H3,(H,12,18)(H,14,15)(H,16,17). The normalized spacial score (nSPS) is 18.2. The van der Waals surface area contributed by atoms with Crippen molar-refractivity contribution in [2.24, 2.45) is 5.92 Å². The molecule has 18 heavy (non-hydrogen) atoms. The van der Waals surface area contributed by atoms with Crippen molar-refractivity contribution in [2.45, 2.75) is 32.2 Å². The Bertz CT molecular complexity index is 336. The summed E-state index contributed by atoms with van der Waals surface area (Å²) in [4.78, 5) is 34.6. The Hall–Kier alpha value is -1.79. The first kappa shape index (κ1) is 14.3. The molecule has 2 amide bonds. The molecule has 1 unspecified atom stereocenters. The molecule has 0 aromatic heterocycles. The molecule has 1 rings (SSSR count). The van der Waals surface area contributed by atoms with Crippen molar-refractivity contribution in [1.82, 2.24) is 10.2 Å². The molecule has 0 saturated carbocycles. The van der Waals surface area contributed by atoms with Gasteiger partial charge in [-0.1, -0.05) is 6.92 Å².